The molecule has 0 unspecified atom stereocenters. The molecule has 0 atom stereocenters. The molecule has 0 saturated heterocycles. The van der Waals surface area contributed by atoms with Gasteiger partial charge in [0.1, 0.15) is 11.9 Å². The quantitative estimate of drug-likeness (QED) is 0.793. The number of rotatable bonds is 2. The Kier molecular flexibility index (Phi) is 3.16. The van der Waals surface area contributed by atoms with Crippen LogP contribution in [0.25, 0.3) is 0 Å². The zero-order valence-corrected chi connectivity index (χ0v) is 9.87. The van der Waals surface area contributed by atoms with Crippen molar-refractivity contribution in [3.05, 3.63) is 53.3 Å². The molecule has 0 aliphatic heterocycles. The van der Waals surface area contributed by atoms with E-state index in [4.69, 9.17) is 11.0 Å². The van der Waals surface area contributed by atoms with Crippen LogP contribution in [-0.4, -0.2) is 0 Å². The fraction of sp³-hybridized carbons (Fsp3) is 0.0714. The van der Waals surface area contributed by atoms with Crippen LogP contribution in [0, 0.1) is 24.1 Å². The summed E-state index contributed by atoms with van der Waals surface area (Å²) in [6, 6.07) is 11.7. The van der Waals surface area contributed by atoms with Crippen LogP contribution in [0.3, 0.4) is 0 Å². The second-order valence-corrected chi connectivity index (χ2v) is 4.06. The Morgan fingerprint density at radius 3 is 2.56 bits per heavy atom. The van der Waals surface area contributed by atoms with Gasteiger partial charge in [-0.1, -0.05) is 0 Å². The molecule has 2 aromatic rings. The lowest BCUT2D eigenvalue weighted by atomic mass is 10.1. The smallest absolute Gasteiger partial charge is 0.125 e. The number of nitrogen functional groups attached to an aromatic ring is 1. The van der Waals surface area contributed by atoms with Crippen molar-refractivity contribution in [3.63, 3.8) is 0 Å². The zero-order valence-electron chi connectivity index (χ0n) is 9.87. The van der Waals surface area contributed by atoms with Crippen molar-refractivity contribution in [1.82, 2.24) is 0 Å². The molecule has 0 heterocycles. The molecule has 0 aliphatic rings. The summed E-state index contributed by atoms with van der Waals surface area (Å²) < 4.78 is 13.2. The third-order valence-corrected chi connectivity index (χ3v) is 2.50. The van der Waals surface area contributed by atoms with E-state index in [0.717, 1.165) is 11.3 Å². The zero-order chi connectivity index (χ0) is 13.1. The summed E-state index contributed by atoms with van der Waals surface area (Å²) >= 11 is 0. The van der Waals surface area contributed by atoms with Gasteiger partial charge in [-0.15, -0.1) is 0 Å². The number of aryl methyl sites for hydroxylation is 1. The first-order chi connectivity index (χ1) is 8.58. The number of halogens is 1. The van der Waals surface area contributed by atoms with Crippen LogP contribution < -0.4 is 11.1 Å². The first-order valence-electron chi connectivity index (χ1n) is 5.42. The van der Waals surface area contributed by atoms with Gasteiger partial charge in [-0.05, 0) is 48.9 Å². The minimum atomic E-state index is -0.292. The van der Waals surface area contributed by atoms with Crippen molar-refractivity contribution < 1.29 is 4.39 Å². The van der Waals surface area contributed by atoms with Gasteiger partial charge in [-0.3, -0.25) is 0 Å². The van der Waals surface area contributed by atoms with E-state index in [9.17, 15) is 4.39 Å². The average molecular weight is 241 g/mol. The molecule has 2 aromatic carbocycles. The van der Waals surface area contributed by atoms with Gasteiger partial charge in [0.25, 0.3) is 0 Å². The first kappa shape index (κ1) is 11.9. The van der Waals surface area contributed by atoms with E-state index >= 15 is 0 Å². The van der Waals surface area contributed by atoms with Gasteiger partial charge in [-0.2, -0.15) is 5.26 Å². The molecule has 18 heavy (non-hydrogen) atoms. The fourth-order valence-electron chi connectivity index (χ4n) is 1.72. The highest BCUT2D eigenvalue weighted by atomic mass is 19.1. The Morgan fingerprint density at radius 2 is 1.94 bits per heavy atom. The molecule has 90 valence electrons. The Morgan fingerprint density at radius 1 is 1.17 bits per heavy atom. The van der Waals surface area contributed by atoms with E-state index in [1.165, 1.54) is 12.1 Å². The minimum absolute atomic E-state index is 0.292. The van der Waals surface area contributed by atoms with Gasteiger partial charge in [0.2, 0.25) is 0 Å². The summed E-state index contributed by atoms with van der Waals surface area (Å²) in [7, 11) is 0. The Bertz CT molecular complexity index is 609. The molecule has 3 nitrogen and oxygen atoms in total. The number of hydrogen-bond donors (Lipinski definition) is 2. The highest BCUT2D eigenvalue weighted by Crippen LogP contribution is 2.22. The van der Waals surface area contributed by atoms with Crippen molar-refractivity contribution in [1.29, 1.82) is 5.26 Å². The molecule has 0 spiro atoms. The molecular weight excluding hydrogens is 229 g/mol. The maximum absolute atomic E-state index is 13.2. The molecule has 0 saturated carbocycles. The predicted molar refractivity (Wildman–Crippen MR) is 70.0 cm³/mol. The Labute approximate surface area is 105 Å². The molecule has 0 fully saturated rings. The Hall–Kier alpha value is -2.54. The number of hydrogen-bond acceptors (Lipinski definition) is 3. The topological polar surface area (TPSA) is 61.8 Å². The lowest BCUT2D eigenvalue weighted by Gasteiger charge is -2.09. The minimum Gasteiger partial charge on any atom is -0.398 e. The summed E-state index contributed by atoms with van der Waals surface area (Å²) in [5.74, 6) is -0.292. The van der Waals surface area contributed by atoms with Gasteiger partial charge < -0.3 is 11.1 Å². The molecule has 0 amide bonds. The van der Waals surface area contributed by atoms with Gasteiger partial charge in [-0.25, -0.2) is 4.39 Å². The van der Waals surface area contributed by atoms with Gasteiger partial charge in [0, 0.05) is 11.4 Å². The lowest BCUT2D eigenvalue weighted by molar-refractivity contribution is 0.627. The highest BCUT2D eigenvalue weighted by Gasteiger charge is 2.02. The normalized spacial score (nSPS) is 9.83. The molecule has 0 bridgehead atoms. The van der Waals surface area contributed by atoms with Crippen molar-refractivity contribution >= 4 is 17.1 Å². The van der Waals surface area contributed by atoms with Gasteiger partial charge in [0.05, 0.1) is 11.3 Å². The van der Waals surface area contributed by atoms with Crippen molar-refractivity contribution in [2.45, 2.75) is 6.92 Å². The van der Waals surface area contributed by atoms with Crippen molar-refractivity contribution in [2.24, 2.45) is 0 Å². The lowest BCUT2D eigenvalue weighted by Crippen LogP contribution is -1.95. The van der Waals surface area contributed by atoms with Crippen molar-refractivity contribution in [3.8, 4) is 6.07 Å². The summed E-state index contributed by atoms with van der Waals surface area (Å²) in [6.45, 7) is 1.82. The second-order valence-electron chi connectivity index (χ2n) is 4.06. The van der Waals surface area contributed by atoms with E-state index in [1.807, 2.05) is 19.1 Å². The van der Waals surface area contributed by atoms with E-state index in [0.29, 0.717) is 16.9 Å². The molecule has 2 rings (SSSR count). The summed E-state index contributed by atoms with van der Waals surface area (Å²) in [6.07, 6.45) is 0. The van der Waals surface area contributed by atoms with Gasteiger partial charge >= 0.3 is 0 Å². The number of nitrogens with zero attached hydrogens (tertiary/aromatic N) is 1. The SMILES string of the molecule is Cc1cc(F)cc(Nc2ccc(C#N)c(N)c2)c1. The van der Waals surface area contributed by atoms with Crippen LogP contribution >= 0.6 is 0 Å². The predicted octanol–water partition coefficient (Wildman–Crippen LogP) is 3.33. The largest absolute Gasteiger partial charge is 0.398 e. The highest BCUT2D eigenvalue weighted by molar-refractivity contribution is 5.68. The van der Waals surface area contributed by atoms with Crippen LogP contribution in [0.1, 0.15) is 11.1 Å². The summed E-state index contributed by atoms with van der Waals surface area (Å²) in [5.41, 5.74) is 8.74. The van der Waals surface area contributed by atoms with Crippen LogP contribution in [0.4, 0.5) is 21.5 Å². The van der Waals surface area contributed by atoms with Gasteiger partial charge in [0.15, 0.2) is 0 Å². The fourth-order valence-corrected chi connectivity index (χ4v) is 1.72. The van der Waals surface area contributed by atoms with E-state index < -0.39 is 0 Å². The average Bonchev–Trinajstić information content (AvgIpc) is 2.27. The molecular formula is C14H12FN3. The molecule has 0 radical (unpaired) electrons. The summed E-state index contributed by atoms with van der Waals surface area (Å²) in [5, 5.41) is 11.8. The van der Waals surface area contributed by atoms with Crippen LogP contribution in [0.2, 0.25) is 0 Å². The maximum Gasteiger partial charge on any atom is 0.125 e. The number of nitriles is 1. The van der Waals surface area contributed by atoms with Crippen molar-refractivity contribution in [2.75, 3.05) is 11.1 Å². The standard InChI is InChI=1S/C14H12FN3/c1-9-4-11(15)6-13(5-9)18-12-3-2-10(8-16)14(17)7-12/h2-7,18H,17H2,1H3. The Balaban J connectivity index is 2.29. The third-order valence-electron chi connectivity index (χ3n) is 2.50. The molecule has 0 aliphatic carbocycles. The first-order valence-corrected chi connectivity index (χ1v) is 5.42. The van der Waals surface area contributed by atoms with Crippen LogP contribution in [-0.2, 0) is 0 Å². The number of benzene rings is 2. The molecule has 0 aromatic heterocycles. The maximum atomic E-state index is 13.2. The number of nitrogens with two attached hydrogens (primary N) is 1. The molecule has 4 heteroatoms. The monoisotopic (exact) mass is 241 g/mol. The number of anilines is 3. The third kappa shape index (κ3) is 2.58. The summed E-state index contributed by atoms with van der Waals surface area (Å²) in [4.78, 5) is 0. The number of nitrogens with one attached hydrogen (secondary N) is 1. The van der Waals surface area contributed by atoms with E-state index in [-0.39, 0.29) is 5.82 Å². The van der Waals surface area contributed by atoms with Crippen LogP contribution in [0.15, 0.2) is 36.4 Å². The van der Waals surface area contributed by atoms with Crippen LogP contribution in [0.5, 0.6) is 0 Å². The van der Waals surface area contributed by atoms with E-state index in [1.54, 1.807) is 18.2 Å². The van der Waals surface area contributed by atoms with E-state index in [2.05, 4.69) is 5.32 Å². The second kappa shape index (κ2) is 4.76. The molecule has 3 N–H and O–H groups in total.